The molecule has 4 aromatic rings. The lowest BCUT2D eigenvalue weighted by molar-refractivity contribution is 0.108. The number of anilines is 1. The fraction of sp³-hybridized carbons (Fsp3) is 0.360. The monoisotopic (exact) mass is 461 g/mol. The fourth-order valence-corrected chi connectivity index (χ4v) is 3.55. The summed E-state index contributed by atoms with van der Waals surface area (Å²) in [7, 11) is 1.79. The van der Waals surface area contributed by atoms with Gasteiger partial charge in [-0.15, -0.1) is 0 Å². The number of aliphatic hydroxyl groups is 1. The van der Waals surface area contributed by atoms with Crippen LogP contribution >= 0.6 is 0 Å². The summed E-state index contributed by atoms with van der Waals surface area (Å²) < 4.78 is 7.69. The molecule has 34 heavy (non-hydrogen) atoms. The Morgan fingerprint density at radius 1 is 1.12 bits per heavy atom. The van der Waals surface area contributed by atoms with Gasteiger partial charge in [0.15, 0.2) is 11.5 Å². The Labute approximate surface area is 199 Å². The zero-order valence-electron chi connectivity index (χ0n) is 20.0. The lowest BCUT2D eigenvalue weighted by Gasteiger charge is -2.20. The van der Waals surface area contributed by atoms with Gasteiger partial charge in [0.2, 0.25) is 0 Å². The van der Waals surface area contributed by atoms with Crippen molar-refractivity contribution in [3.63, 3.8) is 0 Å². The first kappa shape index (κ1) is 23.6. The third-order valence-corrected chi connectivity index (χ3v) is 5.20. The largest absolute Gasteiger partial charge is 0.491 e. The van der Waals surface area contributed by atoms with Crippen molar-refractivity contribution in [1.29, 1.82) is 0 Å². The third-order valence-electron chi connectivity index (χ3n) is 5.20. The molecule has 0 fully saturated rings. The van der Waals surface area contributed by atoms with E-state index in [0.717, 1.165) is 22.3 Å². The Hall–Kier alpha value is -3.56. The van der Waals surface area contributed by atoms with Gasteiger partial charge in [0.1, 0.15) is 24.3 Å². The molecule has 3 aromatic heterocycles. The second-order valence-electron chi connectivity index (χ2n) is 9.09. The predicted molar refractivity (Wildman–Crippen MR) is 133 cm³/mol. The van der Waals surface area contributed by atoms with E-state index in [-0.39, 0.29) is 12.1 Å². The van der Waals surface area contributed by atoms with Crippen molar-refractivity contribution in [1.82, 2.24) is 30.0 Å². The molecule has 0 radical (unpaired) electrons. The lowest BCUT2D eigenvalue weighted by atomic mass is 10.1. The Balaban J connectivity index is 1.70. The van der Waals surface area contributed by atoms with E-state index in [9.17, 15) is 5.11 Å². The molecule has 0 aliphatic heterocycles. The molecule has 0 spiro atoms. The topological polar surface area (TPSA) is 110 Å². The zero-order chi connectivity index (χ0) is 24.1. The highest BCUT2D eigenvalue weighted by molar-refractivity contribution is 5.88. The van der Waals surface area contributed by atoms with Gasteiger partial charge in [-0.25, -0.2) is 14.6 Å². The smallest absolute Gasteiger partial charge is 0.164 e. The number of benzene rings is 1. The average molecular weight is 462 g/mol. The number of aromatic nitrogens is 5. The van der Waals surface area contributed by atoms with Gasteiger partial charge in [-0.2, -0.15) is 5.10 Å². The first-order valence-electron chi connectivity index (χ1n) is 11.3. The standard InChI is InChI=1S/C25H31N7O2/c1-25(2,3)32-24-21(15-29-32)23(28-13-18-9-5-6-11-27-18)30-22(31-24)17-8-7-10-20(12-17)34-16-19(33)14-26-4/h5-12,15,19,26,33H,13-14,16H2,1-4H3,(H,28,30,31). The molecule has 1 aromatic carbocycles. The van der Waals surface area contributed by atoms with Gasteiger partial charge in [0, 0.05) is 18.3 Å². The molecule has 9 heteroatoms. The molecule has 9 nitrogen and oxygen atoms in total. The molecule has 0 bridgehead atoms. The maximum absolute atomic E-state index is 9.95. The van der Waals surface area contributed by atoms with E-state index in [2.05, 4.69) is 41.5 Å². The highest BCUT2D eigenvalue weighted by Crippen LogP contribution is 2.29. The van der Waals surface area contributed by atoms with Gasteiger partial charge in [-0.1, -0.05) is 18.2 Å². The van der Waals surface area contributed by atoms with Gasteiger partial charge < -0.3 is 20.5 Å². The number of pyridine rings is 1. The minimum Gasteiger partial charge on any atom is -0.491 e. The highest BCUT2D eigenvalue weighted by atomic mass is 16.5. The van der Waals surface area contributed by atoms with Crippen molar-refractivity contribution in [3.05, 3.63) is 60.6 Å². The molecule has 178 valence electrons. The van der Waals surface area contributed by atoms with Crippen molar-refractivity contribution in [2.45, 2.75) is 39.0 Å². The van der Waals surface area contributed by atoms with Crippen LogP contribution < -0.4 is 15.4 Å². The molecule has 4 rings (SSSR count). The minimum absolute atomic E-state index is 0.192. The van der Waals surface area contributed by atoms with Crippen LogP contribution in [0.1, 0.15) is 26.5 Å². The summed E-state index contributed by atoms with van der Waals surface area (Å²) in [5, 5.41) is 21.7. The molecule has 3 N–H and O–H groups in total. The second-order valence-corrected chi connectivity index (χ2v) is 9.09. The summed E-state index contributed by atoms with van der Waals surface area (Å²) in [6.07, 6.45) is 2.98. The first-order valence-corrected chi connectivity index (χ1v) is 11.3. The van der Waals surface area contributed by atoms with Crippen molar-refractivity contribution in [2.75, 3.05) is 25.5 Å². The molecule has 0 aliphatic carbocycles. The third kappa shape index (κ3) is 5.49. The van der Waals surface area contributed by atoms with Crippen molar-refractivity contribution in [3.8, 4) is 17.1 Å². The fourth-order valence-electron chi connectivity index (χ4n) is 3.55. The molecular weight excluding hydrogens is 430 g/mol. The number of fused-ring (bicyclic) bond motifs is 1. The number of rotatable bonds is 9. The average Bonchev–Trinajstić information content (AvgIpc) is 3.27. The van der Waals surface area contributed by atoms with Crippen LogP contribution in [0, 0.1) is 0 Å². The normalized spacial score (nSPS) is 12.6. The van der Waals surface area contributed by atoms with E-state index >= 15 is 0 Å². The number of ether oxygens (including phenoxy) is 1. The Kier molecular flexibility index (Phi) is 7.04. The van der Waals surface area contributed by atoms with Crippen LogP contribution in [0.3, 0.4) is 0 Å². The summed E-state index contributed by atoms with van der Waals surface area (Å²) in [4.78, 5) is 14.1. The highest BCUT2D eigenvalue weighted by Gasteiger charge is 2.21. The van der Waals surface area contributed by atoms with Crippen LogP contribution in [0.15, 0.2) is 54.9 Å². The van der Waals surface area contributed by atoms with Crippen molar-refractivity contribution in [2.24, 2.45) is 0 Å². The second kappa shape index (κ2) is 10.1. The van der Waals surface area contributed by atoms with Crippen LogP contribution in [0.4, 0.5) is 5.82 Å². The maximum Gasteiger partial charge on any atom is 0.164 e. The molecular formula is C25H31N7O2. The van der Waals surface area contributed by atoms with E-state index in [4.69, 9.17) is 14.7 Å². The molecule has 1 unspecified atom stereocenters. The zero-order valence-corrected chi connectivity index (χ0v) is 20.0. The van der Waals surface area contributed by atoms with Crippen LogP contribution in [-0.2, 0) is 12.1 Å². The predicted octanol–water partition coefficient (Wildman–Crippen LogP) is 3.21. The Bertz CT molecular complexity index is 1240. The minimum atomic E-state index is -0.593. The van der Waals surface area contributed by atoms with E-state index in [1.165, 1.54) is 0 Å². The van der Waals surface area contributed by atoms with Crippen LogP contribution in [0.25, 0.3) is 22.4 Å². The molecule has 0 aliphatic rings. The summed E-state index contributed by atoms with van der Waals surface area (Å²) in [5.41, 5.74) is 2.22. The number of nitrogens with one attached hydrogen (secondary N) is 2. The van der Waals surface area contributed by atoms with Crippen LogP contribution in [0.5, 0.6) is 5.75 Å². The van der Waals surface area contributed by atoms with Gasteiger partial charge >= 0.3 is 0 Å². The van der Waals surface area contributed by atoms with E-state index < -0.39 is 6.10 Å². The summed E-state index contributed by atoms with van der Waals surface area (Å²) in [6, 6.07) is 13.4. The first-order chi connectivity index (χ1) is 16.3. The van der Waals surface area contributed by atoms with Crippen LogP contribution in [-0.4, -0.2) is 56.1 Å². The number of nitrogens with zero attached hydrogens (tertiary/aromatic N) is 5. The van der Waals surface area contributed by atoms with Crippen molar-refractivity contribution < 1.29 is 9.84 Å². The van der Waals surface area contributed by atoms with E-state index in [1.807, 2.05) is 47.1 Å². The Morgan fingerprint density at radius 3 is 2.71 bits per heavy atom. The van der Waals surface area contributed by atoms with Gasteiger partial charge in [-0.05, 0) is 52.1 Å². The summed E-state index contributed by atoms with van der Waals surface area (Å²) >= 11 is 0. The van der Waals surface area contributed by atoms with Gasteiger partial charge in [0.25, 0.3) is 0 Å². The number of hydrogen-bond donors (Lipinski definition) is 3. The maximum atomic E-state index is 9.95. The Morgan fingerprint density at radius 2 is 1.97 bits per heavy atom. The quantitative estimate of drug-likeness (QED) is 0.349. The summed E-state index contributed by atoms with van der Waals surface area (Å²) in [6.45, 7) is 7.45. The summed E-state index contributed by atoms with van der Waals surface area (Å²) in [5.74, 6) is 1.89. The van der Waals surface area contributed by atoms with Crippen molar-refractivity contribution >= 4 is 16.9 Å². The van der Waals surface area contributed by atoms with Gasteiger partial charge in [0.05, 0.1) is 29.4 Å². The van der Waals surface area contributed by atoms with E-state index in [0.29, 0.717) is 30.5 Å². The molecule has 3 heterocycles. The lowest BCUT2D eigenvalue weighted by Crippen LogP contribution is -2.29. The molecule has 0 saturated carbocycles. The SMILES string of the molecule is CNCC(O)COc1cccc(-c2nc(NCc3ccccn3)c3cnn(C(C)(C)C)c3n2)c1. The number of hydrogen-bond acceptors (Lipinski definition) is 8. The molecule has 0 amide bonds. The molecule has 0 saturated heterocycles. The van der Waals surface area contributed by atoms with Crippen LogP contribution in [0.2, 0.25) is 0 Å². The molecule has 1 atom stereocenters. The van der Waals surface area contributed by atoms with Gasteiger partial charge in [-0.3, -0.25) is 4.98 Å². The number of likely N-dealkylation sites (N-methyl/N-ethyl adjacent to an activating group) is 1. The van der Waals surface area contributed by atoms with E-state index in [1.54, 1.807) is 19.4 Å². The number of aliphatic hydroxyl groups excluding tert-OH is 1.